The second-order valence-corrected chi connectivity index (χ2v) is 5.73. The van der Waals surface area contributed by atoms with Crippen LogP contribution in [0.5, 0.6) is 5.75 Å². The highest BCUT2D eigenvalue weighted by Crippen LogP contribution is 2.26. The summed E-state index contributed by atoms with van der Waals surface area (Å²) in [6.45, 7) is 1.10. The molecule has 0 amide bonds. The molecule has 8 heteroatoms. The minimum atomic E-state index is -1.53. The number of ether oxygens (including phenoxy) is 2. The lowest BCUT2D eigenvalue weighted by Gasteiger charge is -2.39. The minimum absolute atomic E-state index is 0.235. The van der Waals surface area contributed by atoms with Crippen molar-refractivity contribution in [2.45, 2.75) is 37.6 Å². The highest BCUT2D eigenvalue weighted by molar-refractivity contribution is 5.78. The molecule has 3 rings (SSSR count). The Hall–Kier alpha value is -1.97. The lowest BCUT2D eigenvalue weighted by molar-refractivity contribution is -0.277. The van der Waals surface area contributed by atoms with Crippen LogP contribution in [0.1, 0.15) is 5.56 Å². The smallest absolute Gasteiger partial charge is 0.339 e. The van der Waals surface area contributed by atoms with Crippen molar-refractivity contribution in [2.24, 2.45) is 0 Å². The van der Waals surface area contributed by atoms with Crippen LogP contribution in [-0.2, 0) is 4.74 Å². The molecule has 130 valence electrons. The van der Waals surface area contributed by atoms with Gasteiger partial charge in [-0.15, -0.1) is 0 Å². The van der Waals surface area contributed by atoms with Gasteiger partial charge in [0.15, 0.2) is 0 Å². The molecule has 0 saturated carbocycles. The molecular weight excluding hydrogens is 320 g/mol. The van der Waals surface area contributed by atoms with Gasteiger partial charge in [0.1, 0.15) is 35.7 Å². The molecule has 1 aliphatic heterocycles. The third kappa shape index (κ3) is 3.02. The Morgan fingerprint density at radius 1 is 1.12 bits per heavy atom. The highest BCUT2D eigenvalue weighted by Gasteiger charge is 2.44. The number of aliphatic hydroxyl groups excluding tert-OH is 4. The largest absolute Gasteiger partial charge is 0.462 e. The van der Waals surface area contributed by atoms with E-state index in [2.05, 4.69) is 0 Å². The molecule has 0 spiro atoms. The number of benzene rings is 1. The fourth-order valence-corrected chi connectivity index (χ4v) is 2.57. The molecule has 1 unspecified atom stereocenters. The van der Waals surface area contributed by atoms with E-state index in [0.717, 1.165) is 0 Å². The molecule has 0 radical (unpaired) electrons. The van der Waals surface area contributed by atoms with Crippen LogP contribution < -0.4 is 10.4 Å². The summed E-state index contributed by atoms with van der Waals surface area (Å²) in [6, 6.07) is 6.39. The summed E-state index contributed by atoms with van der Waals surface area (Å²) in [5.41, 5.74) is 0.310. The Labute approximate surface area is 136 Å². The predicted octanol–water partition coefficient (Wildman–Crippen LogP) is -0.720. The minimum Gasteiger partial charge on any atom is -0.462 e. The number of fused-ring (bicyclic) bond motifs is 1. The molecule has 4 N–H and O–H groups in total. The Balaban J connectivity index is 1.86. The first-order chi connectivity index (χ1) is 11.4. The Morgan fingerprint density at radius 3 is 2.58 bits per heavy atom. The molecule has 5 atom stereocenters. The summed E-state index contributed by atoms with van der Waals surface area (Å²) in [6.07, 6.45) is -6.85. The number of aliphatic hydroxyl groups is 4. The van der Waals surface area contributed by atoms with Gasteiger partial charge in [0.25, 0.3) is 0 Å². The van der Waals surface area contributed by atoms with Crippen molar-refractivity contribution in [3.63, 3.8) is 0 Å². The van der Waals surface area contributed by atoms with Crippen LogP contribution in [0.4, 0.5) is 0 Å². The van der Waals surface area contributed by atoms with Crippen molar-refractivity contribution >= 4 is 11.0 Å². The van der Waals surface area contributed by atoms with E-state index in [0.29, 0.717) is 16.5 Å². The van der Waals surface area contributed by atoms with E-state index in [4.69, 9.17) is 19.0 Å². The lowest BCUT2D eigenvalue weighted by Crippen LogP contribution is -2.60. The van der Waals surface area contributed by atoms with Gasteiger partial charge in [-0.3, -0.25) is 0 Å². The first-order valence-electron chi connectivity index (χ1n) is 7.42. The van der Waals surface area contributed by atoms with Crippen molar-refractivity contribution in [1.29, 1.82) is 0 Å². The molecule has 0 aliphatic carbocycles. The molecular formula is C16H18O8. The van der Waals surface area contributed by atoms with E-state index in [1.165, 1.54) is 6.07 Å². The van der Waals surface area contributed by atoms with Gasteiger partial charge in [0.2, 0.25) is 6.29 Å². The molecule has 1 fully saturated rings. The van der Waals surface area contributed by atoms with Crippen molar-refractivity contribution in [3.8, 4) is 5.75 Å². The summed E-state index contributed by atoms with van der Waals surface area (Å²) >= 11 is 0. The van der Waals surface area contributed by atoms with Crippen LogP contribution in [0.3, 0.4) is 0 Å². The molecule has 2 heterocycles. The zero-order valence-electron chi connectivity index (χ0n) is 12.8. The van der Waals surface area contributed by atoms with E-state index in [-0.39, 0.29) is 5.75 Å². The molecule has 1 aromatic heterocycles. The standard InChI is InChI=1S/C16H18O8/c1-7-4-8-2-3-9(5-10(8)23-15(7)21)22-16-14(20)13(19)12(18)11(6-17)24-16/h2-5,11-14,16-20H,6H2,1H3/t11-,12+,13+,14-,16?/m1/s1. The Kier molecular flexibility index (Phi) is 4.57. The van der Waals surface area contributed by atoms with Gasteiger partial charge < -0.3 is 34.3 Å². The van der Waals surface area contributed by atoms with Crippen LogP contribution in [0.15, 0.2) is 33.5 Å². The van der Waals surface area contributed by atoms with Gasteiger partial charge >= 0.3 is 5.63 Å². The first kappa shape index (κ1) is 16.9. The third-order valence-electron chi connectivity index (χ3n) is 3.98. The quantitative estimate of drug-likeness (QED) is 0.540. The summed E-state index contributed by atoms with van der Waals surface area (Å²) in [4.78, 5) is 11.6. The fraction of sp³-hybridized carbons (Fsp3) is 0.438. The summed E-state index contributed by atoms with van der Waals surface area (Å²) < 4.78 is 15.9. The van der Waals surface area contributed by atoms with E-state index in [1.54, 1.807) is 25.1 Å². The number of aryl methyl sites for hydroxylation is 1. The zero-order chi connectivity index (χ0) is 17.4. The Bertz CT molecular complexity index is 783. The maximum atomic E-state index is 11.6. The monoisotopic (exact) mass is 338 g/mol. The number of hydrogen-bond donors (Lipinski definition) is 4. The van der Waals surface area contributed by atoms with Gasteiger partial charge in [-0.2, -0.15) is 0 Å². The van der Waals surface area contributed by atoms with E-state index in [9.17, 15) is 20.1 Å². The zero-order valence-corrected chi connectivity index (χ0v) is 12.8. The van der Waals surface area contributed by atoms with Crippen LogP contribution in [-0.4, -0.2) is 57.7 Å². The molecule has 1 aliphatic rings. The van der Waals surface area contributed by atoms with E-state index in [1.807, 2.05) is 0 Å². The van der Waals surface area contributed by atoms with Gasteiger partial charge in [-0.05, 0) is 25.1 Å². The lowest BCUT2D eigenvalue weighted by atomic mass is 9.99. The molecule has 1 saturated heterocycles. The maximum Gasteiger partial charge on any atom is 0.339 e. The van der Waals surface area contributed by atoms with Gasteiger partial charge in [0.05, 0.1) is 6.61 Å². The van der Waals surface area contributed by atoms with Crippen LogP contribution in [0.2, 0.25) is 0 Å². The predicted molar refractivity (Wildman–Crippen MR) is 81.6 cm³/mol. The third-order valence-corrected chi connectivity index (χ3v) is 3.98. The van der Waals surface area contributed by atoms with Gasteiger partial charge in [-0.1, -0.05) is 0 Å². The second-order valence-electron chi connectivity index (χ2n) is 5.73. The fourth-order valence-electron chi connectivity index (χ4n) is 2.57. The van der Waals surface area contributed by atoms with E-state index >= 15 is 0 Å². The molecule has 0 bridgehead atoms. The van der Waals surface area contributed by atoms with Crippen molar-refractivity contribution in [1.82, 2.24) is 0 Å². The van der Waals surface area contributed by atoms with Crippen LogP contribution >= 0.6 is 0 Å². The topological polar surface area (TPSA) is 130 Å². The van der Waals surface area contributed by atoms with E-state index < -0.39 is 42.9 Å². The summed E-state index contributed by atoms with van der Waals surface area (Å²) in [7, 11) is 0. The summed E-state index contributed by atoms with van der Waals surface area (Å²) in [5.74, 6) is 0.235. The van der Waals surface area contributed by atoms with Crippen molar-refractivity contribution in [3.05, 3.63) is 40.2 Å². The average Bonchev–Trinajstić information content (AvgIpc) is 2.56. The maximum absolute atomic E-state index is 11.6. The molecule has 1 aromatic carbocycles. The summed E-state index contributed by atoms with van der Waals surface area (Å²) in [5, 5.41) is 39.3. The Morgan fingerprint density at radius 2 is 1.88 bits per heavy atom. The van der Waals surface area contributed by atoms with Gasteiger partial charge in [0, 0.05) is 17.0 Å². The molecule has 2 aromatic rings. The van der Waals surface area contributed by atoms with Crippen molar-refractivity contribution < 1.29 is 34.3 Å². The number of hydrogen-bond acceptors (Lipinski definition) is 8. The SMILES string of the molecule is Cc1cc2ccc(OC3O[C@H](CO)[C@H](O)[C@H](O)[C@H]3O)cc2oc1=O. The first-order valence-corrected chi connectivity index (χ1v) is 7.42. The van der Waals surface area contributed by atoms with Crippen LogP contribution in [0.25, 0.3) is 11.0 Å². The number of rotatable bonds is 3. The van der Waals surface area contributed by atoms with Crippen molar-refractivity contribution in [2.75, 3.05) is 6.61 Å². The average molecular weight is 338 g/mol. The molecule has 8 nitrogen and oxygen atoms in total. The highest BCUT2D eigenvalue weighted by atomic mass is 16.7. The van der Waals surface area contributed by atoms with Crippen LogP contribution in [0, 0.1) is 6.92 Å². The second kappa shape index (κ2) is 6.50. The normalized spacial score (nSPS) is 30.5. The van der Waals surface area contributed by atoms with Gasteiger partial charge in [-0.25, -0.2) is 4.79 Å². The molecule has 24 heavy (non-hydrogen) atoms.